The number of carbonyl (C=O) groups is 1. The van der Waals surface area contributed by atoms with Gasteiger partial charge < -0.3 is 14.8 Å². The third kappa shape index (κ3) is 4.50. The van der Waals surface area contributed by atoms with Gasteiger partial charge in [-0.3, -0.25) is 9.69 Å². The first-order valence-corrected chi connectivity index (χ1v) is 8.59. The number of aliphatic hydroxyl groups is 1. The summed E-state index contributed by atoms with van der Waals surface area (Å²) >= 11 is 0. The van der Waals surface area contributed by atoms with Crippen molar-refractivity contribution in [3.63, 3.8) is 0 Å². The van der Waals surface area contributed by atoms with Crippen LogP contribution in [0, 0.1) is 13.8 Å². The molecule has 1 heterocycles. The van der Waals surface area contributed by atoms with Crippen LogP contribution in [0.2, 0.25) is 0 Å². The Morgan fingerprint density at radius 2 is 1.96 bits per heavy atom. The van der Waals surface area contributed by atoms with Crippen molar-refractivity contribution >= 4 is 5.91 Å². The van der Waals surface area contributed by atoms with Gasteiger partial charge in [0.15, 0.2) is 0 Å². The summed E-state index contributed by atoms with van der Waals surface area (Å²) in [5.41, 5.74) is 0.438. The number of likely N-dealkylation sites (N-methyl/N-ethyl adjacent to an activating group) is 1. The number of rotatable bonds is 7. The van der Waals surface area contributed by atoms with Gasteiger partial charge >= 0.3 is 0 Å². The predicted octanol–water partition coefficient (Wildman–Crippen LogP) is 2.91. The minimum atomic E-state index is -1.19. The maximum atomic E-state index is 12.8. The molecule has 0 saturated carbocycles. The summed E-state index contributed by atoms with van der Waals surface area (Å²) in [6.45, 7) is 8.21. The molecule has 0 spiro atoms. The molecule has 2 aromatic rings. The molecular weight excluding hydrogens is 316 g/mol. The van der Waals surface area contributed by atoms with Crippen LogP contribution in [0.1, 0.15) is 42.5 Å². The van der Waals surface area contributed by atoms with Crippen LogP contribution in [0.3, 0.4) is 0 Å². The standard InChI is InChI=1S/C20H28N2O3/c1-6-22(5)18(16-10-8-7-9-11-16)19(23)21-13-20(4,24)17-12-14(2)25-15(17)3/h7-12,18,24H,6,13H2,1-5H3,(H,21,23). The number of carbonyl (C=O) groups excluding carboxylic acids is 1. The van der Waals surface area contributed by atoms with Gasteiger partial charge in [-0.25, -0.2) is 0 Å². The van der Waals surface area contributed by atoms with Gasteiger partial charge in [0.05, 0.1) is 6.54 Å². The molecule has 2 N–H and O–H groups in total. The first kappa shape index (κ1) is 19.2. The highest BCUT2D eigenvalue weighted by molar-refractivity contribution is 5.83. The Labute approximate surface area is 149 Å². The largest absolute Gasteiger partial charge is 0.466 e. The van der Waals surface area contributed by atoms with E-state index in [4.69, 9.17) is 4.42 Å². The number of aryl methyl sites for hydroxylation is 2. The van der Waals surface area contributed by atoms with E-state index in [2.05, 4.69) is 5.32 Å². The van der Waals surface area contributed by atoms with Crippen molar-refractivity contribution in [3.05, 3.63) is 59.0 Å². The molecule has 1 aromatic heterocycles. The smallest absolute Gasteiger partial charge is 0.242 e. The number of benzene rings is 1. The second-order valence-corrected chi connectivity index (χ2v) is 6.71. The lowest BCUT2D eigenvalue weighted by molar-refractivity contribution is -0.127. The normalized spacial score (nSPS) is 15.0. The summed E-state index contributed by atoms with van der Waals surface area (Å²) in [6, 6.07) is 11.1. The Morgan fingerprint density at radius 1 is 1.32 bits per heavy atom. The van der Waals surface area contributed by atoms with E-state index in [1.165, 1.54) is 0 Å². The predicted molar refractivity (Wildman–Crippen MR) is 98.2 cm³/mol. The molecule has 25 heavy (non-hydrogen) atoms. The molecule has 0 saturated heterocycles. The lowest BCUT2D eigenvalue weighted by Gasteiger charge is -2.29. The second kappa shape index (κ2) is 7.85. The van der Waals surface area contributed by atoms with Crippen molar-refractivity contribution in [1.82, 2.24) is 10.2 Å². The average Bonchev–Trinajstić information content (AvgIpc) is 2.93. The van der Waals surface area contributed by atoms with Crippen LogP contribution in [0.5, 0.6) is 0 Å². The number of hydrogen-bond acceptors (Lipinski definition) is 4. The molecular formula is C20H28N2O3. The summed E-state index contributed by atoms with van der Waals surface area (Å²) in [5, 5.41) is 13.7. The van der Waals surface area contributed by atoms with Gasteiger partial charge in [-0.2, -0.15) is 0 Å². The van der Waals surface area contributed by atoms with Crippen LogP contribution < -0.4 is 5.32 Å². The van der Waals surface area contributed by atoms with Crippen LogP contribution in [-0.2, 0) is 10.4 Å². The van der Waals surface area contributed by atoms with Crippen LogP contribution in [-0.4, -0.2) is 36.1 Å². The lowest BCUT2D eigenvalue weighted by atomic mass is 9.95. The number of furan rings is 1. The molecule has 2 rings (SSSR count). The van der Waals surface area contributed by atoms with E-state index in [9.17, 15) is 9.90 Å². The number of nitrogens with zero attached hydrogens (tertiary/aromatic N) is 1. The highest BCUT2D eigenvalue weighted by atomic mass is 16.3. The van der Waals surface area contributed by atoms with Crippen molar-refractivity contribution < 1.29 is 14.3 Å². The number of hydrogen-bond donors (Lipinski definition) is 2. The molecule has 2 atom stereocenters. The van der Waals surface area contributed by atoms with Crippen molar-refractivity contribution in [2.24, 2.45) is 0 Å². The first-order valence-electron chi connectivity index (χ1n) is 8.59. The van der Waals surface area contributed by atoms with Gasteiger partial charge in [-0.1, -0.05) is 37.3 Å². The van der Waals surface area contributed by atoms with Crippen LogP contribution in [0.4, 0.5) is 0 Å². The fraction of sp³-hybridized carbons (Fsp3) is 0.450. The van der Waals surface area contributed by atoms with Gasteiger partial charge in [-0.15, -0.1) is 0 Å². The van der Waals surface area contributed by atoms with Crippen LogP contribution in [0.25, 0.3) is 0 Å². The molecule has 0 fully saturated rings. The van der Waals surface area contributed by atoms with Gasteiger partial charge in [0.25, 0.3) is 0 Å². The van der Waals surface area contributed by atoms with E-state index >= 15 is 0 Å². The summed E-state index contributed by atoms with van der Waals surface area (Å²) < 4.78 is 5.50. The van der Waals surface area contributed by atoms with Gasteiger partial charge in [0.1, 0.15) is 23.2 Å². The van der Waals surface area contributed by atoms with E-state index < -0.39 is 11.6 Å². The van der Waals surface area contributed by atoms with E-state index in [0.717, 1.165) is 17.9 Å². The number of nitrogens with one attached hydrogen (secondary N) is 1. The summed E-state index contributed by atoms with van der Waals surface area (Å²) in [4.78, 5) is 14.8. The first-order chi connectivity index (χ1) is 11.8. The minimum absolute atomic E-state index is 0.118. The molecule has 0 aliphatic heterocycles. The zero-order valence-electron chi connectivity index (χ0n) is 15.7. The molecule has 5 nitrogen and oxygen atoms in total. The zero-order chi connectivity index (χ0) is 18.6. The Kier molecular flexibility index (Phi) is 6.03. The van der Waals surface area contributed by atoms with E-state index in [-0.39, 0.29) is 12.5 Å². The molecule has 0 aliphatic carbocycles. The second-order valence-electron chi connectivity index (χ2n) is 6.71. The Morgan fingerprint density at radius 3 is 2.48 bits per heavy atom. The minimum Gasteiger partial charge on any atom is -0.466 e. The molecule has 136 valence electrons. The molecule has 1 aromatic carbocycles. The fourth-order valence-electron chi connectivity index (χ4n) is 3.04. The van der Waals surface area contributed by atoms with Gasteiger partial charge in [0, 0.05) is 5.56 Å². The third-order valence-corrected chi connectivity index (χ3v) is 4.53. The Bertz CT molecular complexity index is 707. The lowest BCUT2D eigenvalue weighted by Crippen LogP contribution is -2.44. The molecule has 2 unspecified atom stereocenters. The SMILES string of the molecule is CCN(C)C(C(=O)NCC(C)(O)c1cc(C)oc1C)c1ccccc1. The molecule has 1 amide bonds. The molecule has 5 heteroatoms. The Balaban J connectivity index is 2.14. The van der Waals surface area contributed by atoms with Crippen molar-refractivity contribution in [2.45, 2.75) is 39.3 Å². The highest BCUT2D eigenvalue weighted by Gasteiger charge is 2.30. The maximum absolute atomic E-state index is 12.8. The molecule has 0 radical (unpaired) electrons. The monoisotopic (exact) mass is 344 g/mol. The van der Waals surface area contributed by atoms with Crippen molar-refractivity contribution in [3.8, 4) is 0 Å². The maximum Gasteiger partial charge on any atom is 0.242 e. The molecule has 0 aliphatic rings. The summed E-state index contributed by atoms with van der Waals surface area (Å²) in [7, 11) is 1.92. The summed E-state index contributed by atoms with van der Waals surface area (Å²) in [6.07, 6.45) is 0. The zero-order valence-corrected chi connectivity index (χ0v) is 15.7. The van der Waals surface area contributed by atoms with Gasteiger partial charge in [0.2, 0.25) is 5.91 Å². The quantitative estimate of drug-likeness (QED) is 0.810. The molecule has 0 bridgehead atoms. The Hall–Kier alpha value is -2.11. The van der Waals surface area contributed by atoms with Crippen LogP contribution in [0.15, 0.2) is 40.8 Å². The van der Waals surface area contributed by atoms with Crippen molar-refractivity contribution in [1.29, 1.82) is 0 Å². The highest BCUT2D eigenvalue weighted by Crippen LogP contribution is 2.27. The van der Waals surface area contributed by atoms with Gasteiger partial charge in [-0.05, 0) is 46.0 Å². The van der Waals surface area contributed by atoms with E-state index in [1.807, 2.05) is 69.1 Å². The van der Waals surface area contributed by atoms with E-state index in [0.29, 0.717) is 11.3 Å². The van der Waals surface area contributed by atoms with Crippen molar-refractivity contribution in [2.75, 3.05) is 20.1 Å². The summed E-state index contributed by atoms with van der Waals surface area (Å²) in [5.74, 6) is 1.28. The number of amides is 1. The van der Waals surface area contributed by atoms with Crippen LogP contribution >= 0.6 is 0 Å². The third-order valence-electron chi connectivity index (χ3n) is 4.53. The average molecular weight is 344 g/mol. The fourth-order valence-corrected chi connectivity index (χ4v) is 3.04. The van der Waals surface area contributed by atoms with E-state index in [1.54, 1.807) is 6.92 Å². The topological polar surface area (TPSA) is 65.7 Å².